The van der Waals surface area contributed by atoms with Crippen LogP contribution in [0.4, 0.5) is 5.69 Å². The highest BCUT2D eigenvalue weighted by Crippen LogP contribution is 2.13. The molecule has 1 heterocycles. The Balaban J connectivity index is 0.000000472. The molecule has 0 atom stereocenters. The number of pyridine rings is 1. The number of rotatable bonds is 3. The molecule has 1 aromatic heterocycles. The smallest absolute Gasteiger partial charge is 0.294 e. The normalized spacial score (nSPS) is 14.2. The van der Waals surface area contributed by atoms with Gasteiger partial charge in [0.15, 0.2) is 1.41 Å². The zero-order valence-electron chi connectivity index (χ0n) is 16.3. The van der Waals surface area contributed by atoms with Gasteiger partial charge in [0.2, 0.25) is 7.34 Å². The molecule has 20 heavy (non-hydrogen) atoms. The van der Waals surface area contributed by atoms with Gasteiger partial charge in [-0.05, 0) is 36.3 Å². The predicted octanol–water partition coefficient (Wildman–Crippen LogP) is 1.97. The molecule has 0 aliphatic rings. The molecule has 0 spiro atoms. The Kier molecular flexibility index (Phi) is 3.25. The van der Waals surface area contributed by atoms with Crippen LogP contribution in [0.15, 0.2) is 59.7 Å². The second kappa shape index (κ2) is 7.37. The third-order valence-electron chi connectivity index (χ3n) is 1.67. The highest BCUT2D eigenvalue weighted by atomic mass is 32.2. The van der Waals surface area contributed by atoms with Crippen molar-refractivity contribution in [3.8, 4) is 0 Å². The lowest BCUT2D eigenvalue weighted by Gasteiger charge is -2.01. The molecule has 7 heteroatoms. The minimum atomic E-state index is -4.78. The number of carbonyl (C=O) groups is 1. The van der Waals surface area contributed by atoms with E-state index in [0.717, 1.165) is 6.92 Å². The largest absolute Gasteiger partial charge is 0.326 e. The van der Waals surface area contributed by atoms with Crippen LogP contribution in [0.25, 0.3) is 1.43 Å². The summed E-state index contributed by atoms with van der Waals surface area (Å²) < 4.78 is 70.2. The van der Waals surface area contributed by atoms with Gasteiger partial charge in [0.25, 0.3) is 10.1 Å². The predicted molar refractivity (Wildman–Crippen MR) is 74.8 cm³/mol. The summed E-state index contributed by atoms with van der Waals surface area (Å²) in [6.45, 7) is 0.969. The van der Waals surface area contributed by atoms with Gasteiger partial charge in [0.05, 0.1) is 10.4 Å². The van der Waals surface area contributed by atoms with E-state index in [1.807, 2.05) is 18.2 Å². The first kappa shape index (κ1) is 8.83. The lowest BCUT2D eigenvalue weighted by molar-refractivity contribution is -0.114. The van der Waals surface area contributed by atoms with Crippen molar-refractivity contribution in [3.05, 3.63) is 54.8 Å². The molecule has 0 aliphatic carbocycles. The maximum Gasteiger partial charge on any atom is 0.294 e. The summed E-state index contributed by atoms with van der Waals surface area (Å²) in [6, 6.07) is 1.88. The monoisotopic (exact) mass is 300 g/mol. The molecule has 2 aromatic rings. The van der Waals surface area contributed by atoms with Gasteiger partial charge >= 0.3 is 0 Å². The first-order valence-corrected chi connectivity index (χ1v) is 6.61. The van der Waals surface area contributed by atoms with Crippen molar-refractivity contribution in [1.29, 1.82) is 1.43 Å². The standard InChI is InChI=1S/C8H9NO4S.C5H5N/c1-6(10)9-7-2-4-8(5-3-7)14(11,12)13;1-2-4-6-5-3-1/h2-5H,1H3,(H,9,10)(H,11,12,13);1-5H/i2D,3D,4D,5D;/hD2. The first-order chi connectivity index (χ1) is 12.1. The Hall–Kier alpha value is -2.25. The van der Waals surface area contributed by atoms with Gasteiger partial charge in [-0.15, -0.1) is 0 Å². The molecule has 2 N–H and O–H groups in total. The number of hydrogen-bond donors (Lipinski definition) is 2. The summed E-state index contributed by atoms with van der Waals surface area (Å²) in [5, 5.41) is 0.124. The molecular weight excluding hydrogens is 280 g/mol. The molecule has 0 bridgehead atoms. The van der Waals surface area contributed by atoms with Crippen LogP contribution in [-0.2, 0) is 14.9 Å². The van der Waals surface area contributed by atoms with Gasteiger partial charge in [0.1, 0.15) is 0 Å². The molecule has 2 rings (SSSR count). The van der Waals surface area contributed by atoms with Crippen molar-refractivity contribution >= 4 is 21.7 Å². The highest BCUT2D eigenvalue weighted by molar-refractivity contribution is 7.85. The Morgan fingerprint density at radius 2 is 1.90 bits per heavy atom. The van der Waals surface area contributed by atoms with Crippen molar-refractivity contribution in [2.75, 3.05) is 5.31 Å². The quantitative estimate of drug-likeness (QED) is 0.845. The van der Waals surface area contributed by atoms with E-state index in [0.29, 0.717) is 0 Å². The van der Waals surface area contributed by atoms with E-state index in [1.54, 1.807) is 12.4 Å². The average Bonchev–Trinajstić information content (AvgIpc) is 2.62. The number of amides is 1. The summed E-state index contributed by atoms with van der Waals surface area (Å²) in [6.07, 6.45) is 3.50. The van der Waals surface area contributed by atoms with Gasteiger partial charge < -0.3 is 5.31 Å². The zero-order valence-corrected chi connectivity index (χ0v) is 11.1. The summed E-state index contributed by atoms with van der Waals surface area (Å²) in [4.78, 5) is 13.7. The maximum atomic E-state index is 11.4. The van der Waals surface area contributed by atoms with Crippen molar-refractivity contribution in [2.45, 2.75) is 11.8 Å². The fourth-order valence-corrected chi connectivity index (χ4v) is 1.30. The second-order valence-corrected chi connectivity index (χ2v) is 4.60. The SMILES string of the molecule is [2H]OS(=O)(=O)c1c([2H])c([2H])c(N([2H])C(C)=O)c([2H])c1[2H].c1ccncc1. The third kappa shape index (κ3) is 6.07. The minimum Gasteiger partial charge on any atom is -0.326 e. The van der Waals surface area contributed by atoms with E-state index in [1.165, 1.54) is 0 Å². The summed E-state index contributed by atoms with van der Waals surface area (Å²) in [5.74, 6) is -0.877. The van der Waals surface area contributed by atoms with Gasteiger partial charge in [-0.25, -0.2) is 0 Å². The Morgan fingerprint density at radius 1 is 1.30 bits per heavy atom. The van der Waals surface area contributed by atoms with Gasteiger partial charge in [-0.2, -0.15) is 8.42 Å². The molecule has 0 unspecified atom stereocenters. The molecule has 1 amide bonds. The van der Waals surface area contributed by atoms with Crippen LogP contribution < -0.4 is 5.31 Å². The molecule has 106 valence electrons. The van der Waals surface area contributed by atoms with Crippen molar-refractivity contribution in [1.82, 2.24) is 4.98 Å². The van der Waals surface area contributed by atoms with Crippen LogP contribution in [0.2, 0.25) is 1.41 Å². The molecular formula is C13H14N2O4S. The molecule has 6 nitrogen and oxygen atoms in total. The average molecular weight is 300 g/mol. The van der Waals surface area contributed by atoms with Gasteiger partial charge in [-0.3, -0.25) is 14.3 Å². The Morgan fingerprint density at radius 3 is 2.25 bits per heavy atom. The molecule has 0 fully saturated rings. The number of nitrogens with zero attached hydrogens (tertiary/aromatic N) is 1. The lowest BCUT2D eigenvalue weighted by atomic mass is 10.3. The molecule has 0 saturated carbocycles. The minimum absolute atomic E-state index is 0.124. The number of benzene rings is 1. The van der Waals surface area contributed by atoms with Crippen molar-refractivity contribution < 1.29 is 24.7 Å². The number of anilines is 1. The van der Waals surface area contributed by atoms with Crippen molar-refractivity contribution in [3.63, 3.8) is 0 Å². The molecule has 1 aromatic carbocycles. The fraction of sp³-hybridized carbons (Fsp3) is 0.0769. The molecule has 0 radical (unpaired) electrons. The first-order valence-electron chi connectivity index (χ1n) is 8.06. The van der Waals surface area contributed by atoms with E-state index in [9.17, 15) is 13.2 Å². The molecule has 0 aliphatic heterocycles. The molecule has 0 saturated heterocycles. The van der Waals surface area contributed by atoms with E-state index < -0.39 is 50.8 Å². The summed E-state index contributed by atoms with van der Waals surface area (Å²) in [7, 11) is -4.78. The Labute approximate surface area is 125 Å². The topological polar surface area (TPSA) is 96.4 Å². The van der Waals surface area contributed by atoms with Gasteiger partial charge in [-0.1, -0.05) is 6.07 Å². The highest BCUT2D eigenvalue weighted by Gasteiger charge is 2.08. The summed E-state index contributed by atoms with van der Waals surface area (Å²) in [5.41, 5.74) is -0.684. The lowest BCUT2D eigenvalue weighted by Crippen LogP contribution is -2.06. The fourth-order valence-electron chi connectivity index (χ4n) is 0.945. The van der Waals surface area contributed by atoms with E-state index >= 15 is 0 Å². The Bertz CT molecular complexity index is 840. The zero-order chi connectivity index (χ0) is 20.1. The second-order valence-electron chi connectivity index (χ2n) is 3.29. The van der Waals surface area contributed by atoms with Crippen LogP contribution in [0, 0.1) is 0 Å². The summed E-state index contributed by atoms with van der Waals surface area (Å²) >= 11 is 0. The van der Waals surface area contributed by atoms with Gasteiger partial charge in [0, 0.05) is 25.0 Å². The third-order valence-corrected chi connectivity index (χ3v) is 2.38. The van der Waals surface area contributed by atoms with Crippen LogP contribution >= 0.6 is 0 Å². The van der Waals surface area contributed by atoms with Crippen molar-refractivity contribution in [2.24, 2.45) is 0 Å². The van der Waals surface area contributed by atoms with Crippen LogP contribution in [0.3, 0.4) is 0 Å². The number of nitrogens with one attached hydrogen (secondary N) is 1. The van der Waals surface area contributed by atoms with Crippen LogP contribution in [0.5, 0.6) is 0 Å². The number of carbonyl (C=O) groups excluding carboxylic acids is 1. The maximum absolute atomic E-state index is 11.4. The van der Waals surface area contributed by atoms with Crippen LogP contribution in [-0.4, -0.2) is 23.9 Å². The van der Waals surface area contributed by atoms with Crippen LogP contribution in [0.1, 0.15) is 12.4 Å². The van der Waals surface area contributed by atoms with E-state index in [4.69, 9.17) is 8.33 Å². The number of aromatic nitrogens is 1. The van der Waals surface area contributed by atoms with E-state index in [2.05, 4.69) is 9.54 Å². The van der Waals surface area contributed by atoms with E-state index in [-0.39, 0.29) is 5.31 Å². The number of hydrogen-bond acceptors (Lipinski definition) is 5.